The molecule has 0 spiro atoms. The molecule has 7 heteroatoms. The number of nitrogens with zero attached hydrogens (tertiary/aromatic N) is 1. The summed E-state index contributed by atoms with van der Waals surface area (Å²) in [5, 5.41) is 3.20. The predicted octanol–water partition coefficient (Wildman–Crippen LogP) is 2.70. The number of piperazine rings is 1. The lowest BCUT2D eigenvalue weighted by Gasteiger charge is -2.44. The zero-order valence-corrected chi connectivity index (χ0v) is 18.1. The maximum Gasteiger partial charge on any atom is 0.330 e. The third-order valence-electron chi connectivity index (χ3n) is 6.11. The van der Waals surface area contributed by atoms with Crippen molar-refractivity contribution in [3.05, 3.63) is 96.1 Å². The van der Waals surface area contributed by atoms with Crippen LogP contribution in [0, 0.1) is 0 Å². The first kappa shape index (κ1) is 21.2. The van der Waals surface area contributed by atoms with Crippen molar-refractivity contribution in [3.8, 4) is 11.5 Å². The van der Waals surface area contributed by atoms with Gasteiger partial charge < -0.3 is 19.5 Å². The highest BCUT2D eigenvalue weighted by Crippen LogP contribution is 2.46. The lowest BCUT2D eigenvalue weighted by Crippen LogP contribution is -2.64. The number of rotatable bonds is 5. The first-order valence-corrected chi connectivity index (χ1v) is 10.8. The summed E-state index contributed by atoms with van der Waals surface area (Å²) in [5.74, 6) is -0.0999. The molecular weight excluding hydrogens is 420 g/mol. The molecule has 0 bridgehead atoms. The minimum atomic E-state index is -1.25. The van der Waals surface area contributed by atoms with Crippen molar-refractivity contribution >= 4 is 11.9 Å². The molecule has 2 aliphatic rings. The number of fused-ring (bicyclic) bond motifs is 1. The topological polar surface area (TPSA) is 77.1 Å². The molecule has 33 heavy (non-hydrogen) atoms. The van der Waals surface area contributed by atoms with Gasteiger partial charge in [0.25, 0.3) is 0 Å². The van der Waals surface area contributed by atoms with Crippen molar-refractivity contribution in [2.75, 3.05) is 20.2 Å². The molecule has 0 saturated carbocycles. The first-order chi connectivity index (χ1) is 16.1. The van der Waals surface area contributed by atoms with Crippen molar-refractivity contribution < 1.29 is 23.8 Å². The van der Waals surface area contributed by atoms with Crippen LogP contribution in [0.5, 0.6) is 11.5 Å². The van der Waals surface area contributed by atoms with Gasteiger partial charge in [-0.25, -0.2) is 9.69 Å². The maximum atomic E-state index is 13.5. The van der Waals surface area contributed by atoms with Gasteiger partial charge in [0, 0.05) is 24.2 Å². The van der Waals surface area contributed by atoms with E-state index in [9.17, 15) is 9.59 Å². The zero-order valence-electron chi connectivity index (χ0n) is 18.1. The van der Waals surface area contributed by atoms with Crippen molar-refractivity contribution in [2.45, 2.75) is 17.8 Å². The Morgan fingerprint density at radius 2 is 1.48 bits per heavy atom. The Labute approximate surface area is 191 Å². The van der Waals surface area contributed by atoms with Crippen LogP contribution in [0.25, 0.3) is 0 Å². The van der Waals surface area contributed by atoms with E-state index in [2.05, 4.69) is 5.32 Å². The minimum absolute atomic E-state index is 0.308. The quantitative estimate of drug-likeness (QED) is 0.479. The minimum Gasteiger partial charge on any atom is -0.493 e. The van der Waals surface area contributed by atoms with Crippen LogP contribution in [0.15, 0.2) is 84.9 Å². The van der Waals surface area contributed by atoms with Gasteiger partial charge in [0.05, 0.1) is 7.11 Å². The van der Waals surface area contributed by atoms with Gasteiger partial charge in [-0.3, -0.25) is 4.79 Å². The molecule has 0 aliphatic carbocycles. The highest BCUT2D eigenvalue weighted by molar-refractivity contribution is 5.85. The monoisotopic (exact) mass is 444 g/mol. The Bertz CT molecular complexity index is 1110. The van der Waals surface area contributed by atoms with E-state index in [0.717, 1.165) is 11.1 Å². The lowest BCUT2D eigenvalue weighted by atomic mass is 9.90. The van der Waals surface area contributed by atoms with E-state index in [-0.39, 0.29) is 5.97 Å². The summed E-state index contributed by atoms with van der Waals surface area (Å²) in [6.45, 7) is 0.682. The van der Waals surface area contributed by atoms with E-state index in [1.165, 1.54) is 7.11 Å². The number of esters is 2. The van der Waals surface area contributed by atoms with Crippen molar-refractivity contribution in [2.24, 2.45) is 0 Å². The fourth-order valence-corrected chi connectivity index (χ4v) is 4.66. The number of methoxy groups -OCH3 is 1. The van der Waals surface area contributed by atoms with Crippen molar-refractivity contribution in [1.82, 2.24) is 10.2 Å². The highest BCUT2D eigenvalue weighted by atomic mass is 16.6. The van der Waals surface area contributed by atoms with Gasteiger partial charge in [0.1, 0.15) is 12.1 Å². The average molecular weight is 444 g/mol. The van der Waals surface area contributed by atoms with Crippen LogP contribution in [0.1, 0.15) is 11.1 Å². The Morgan fingerprint density at radius 1 is 0.909 bits per heavy atom. The molecule has 3 aromatic carbocycles. The Hall–Kier alpha value is -3.68. The van der Waals surface area contributed by atoms with Crippen LogP contribution < -0.4 is 14.8 Å². The summed E-state index contributed by atoms with van der Waals surface area (Å²) in [6.07, 6.45) is 0. The van der Waals surface area contributed by atoms with E-state index >= 15 is 0 Å². The van der Waals surface area contributed by atoms with E-state index in [4.69, 9.17) is 14.2 Å². The van der Waals surface area contributed by atoms with E-state index in [1.54, 1.807) is 24.3 Å². The Kier molecular flexibility index (Phi) is 5.58. The molecule has 7 nitrogen and oxygen atoms in total. The van der Waals surface area contributed by atoms with Crippen LogP contribution in [0.3, 0.4) is 0 Å². The first-order valence-electron chi connectivity index (χ1n) is 10.8. The number of benzene rings is 3. The van der Waals surface area contributed by atoms with Crippen LogP contribution in [-0.2, 0) is 20.1 Å². The molecular formula is C26H24N2O5. The van der Waals surface area contributed by atoms with E-state index in [0.29, 0.717) is 24.6 Å². The number of hydrogen-bond donors (Lipinski definition) is 1. The van der Waals surface area contributed by atoms with Gasteiger partial charge in [-0.05, 0) is 12.1 Å². The standard InChI is InChI=1S/C26H24N2O5/c1-31-22-14-8-9-15-23(22)32-24(29)20-16-27-17-21-25(30)33-26(28(20)21,18-10-4-2-5-11-18)19-12-6-3-7-13-19/h2-15,20-21,27H,16-17H2,1H3. The van der Waals surface area contributed by atoms with Gasteiger partial charge in [0.2, 0.25) is 5.72 Å². The van der Waals surface area contributed by atoms with Crippen LogP contribution >= 0.6 is 0 Å². The second kappa shape index (κ2) is 8.69. The molecule has 0 aromatic heterocycles. The second-order valence-corrected chi connectivity index (χ2v) is 7.97. The SMILES string of the molecule is COc1ccccc1OC(=O)C1CNCC2C(=O)OC(c3ccccc3)(c3ccccc3)N12. The van der Waals surface area contributed by atoms with Crippen LogP contribution in [0.2, 0.25) is 0 Å². The molecule has 2 aliphatic heterocycles. The van der Waals surface area contributed by atoms with E-state index < -0.39 is 23.8 Å². The molecule has 2 unspecified atom stereocenters. The number of nitrogens with one attached hydrogen (secondary N) is 1. The summed E-state index contributed by atoms with van der Waals surface area (Å²) in [4.78, 5) is 28.5. The number of carbonyl (C=O) groups is 2. The largest absolute Gasteiger partial charge is 0.493 e. The summed E-state index contributed by atoms with van der Waals surface area (Å²) < 4.78 is 17.3. The molecule has 1 N–H and O–H groups in total. The molecule has 2 saturated heterocycles. The van der Waals surface area contributed by atoms with Gasteiger partial charge in [-0.2, -0.15) is 0 Å². The normalized spacial score (nSPS) is 21.7. The number of cyclic esters (lactones) is 1. The van der Waals surface area contributed by atoms with Gasteiger partial charge in [-0.1, -0.05) is 72.8 Å². The molecule has 2 atom stereocenters. The molecule has 2 fully saturated rings. The number of para-hydroxylation sites is 2. The Morgan fingerprint density at radius 3 is 2.09 bits per heavy atom. The van der Waals surface area contributed by atoms with Crippen LogP contribution in [-0.4, -0.2) is 49.1 Å². The Balaban J connectivity index is 1.61. The lowest BCUT2D eigenvalue weighted by molar-refractivity contribution is -0.157. The molecule has 168 valence electrons. The van der Waals surface area contributed by atoms with Gasteiger partial charge in [-0.15, -0.1) is 0 Å². The highest BCUT2D eigenvalue weighted by Gasteiger charge is 2.61. The van der Waals surface area contributed by atoms with Crippen molar-refractivity contribution in [1.29, 1.82) is 0 Å². The third kappa shape index (κ3) is 3.55. The molecule has 0 radical (unpaired) electrons. The van der Waals surface area contributed by atoms with Crippen molar-refractivity contribution in [3.63, 3.8) is 0 Å². The van der Waals surface area contributed by atoms with Crippen LogP contribution in [0.4, 0.5) is 0 Å². The van der Waals surface area contributed by atoms with Gasteiger partial charge >= 0.3 is 11.9 Å². The smallest absolute Gasteiger partial charge is 0.330 e. The zero-order chi connectivity index (χ0) is 22.8. The number of ether oxygens (including phenoxy) is 3. The third-order valence-corrected chi connectivity index (χ3v) is 6.11. The summed E-state index contributed by atoms with van der Waals surface area (Å²) >= 11 is 0. The predicted molar refractivity (Wildman–Crippen MR) is 121 cm³/mol. The number of hydrogen-bond acceptors (Lipinski definition) is 7. The van der Waals surface area contributed by atoms with E-state index in [1.807, 2.05) is 65.6 Å². The molecule has 0 amide bonds. The average Bonchev–Trinajstić information content (AvgIpc) is 3.19. The molecule has 5 rings (SSSR count). The summed E-state index contributed by atoms with van der Waals surface area (Å²) in [6, 6.07) is 24.6. The molecule has 2 heterocycles. The fourth-order valence-electron chi connectivity index (χ4n) is 4.66. The summed E-state index contributed by atoms with van der Waals surface area (Å²) in [7, 11) is 1.52. The number of carbonyl (C=O) groups excluding carboxylic acids is 2. The summed E-state index contributed by atoms with van der Waals surface area (Å²) in [5.41, 5.74) is 0.282. The molecule has 3 aromatic rings. The second-order valence-electron chi connectivity index (χ2n) is 7.97. The van der Waals surface area contributed by atoms with Gasteiger partial charge in [0.15, 0.2) is 11.5 Å². The maximum absolute atomic E-state index is 13.5. The fraction of sp³-hybridized carbons (Fsp3) is 0.231.